The van der Waals surface area contributed by atoms with E-state index in [1.807, 2.05) is 27.7 Å². The van der Waals surface area contributed by atoms with E-state index in [0.717, 1.165) is 11.1 Å². The zero-order chi connectivity index (χ0) is 12.0. The van der Waals surface area contributed by atoms with Gasteiger partial charge in [-0.15, -0.1) is 0 Å². The van der Waals surface area contributed by atoms with E-state index in [0.29, 0.717) is 11.3 Å². The van der Waals surface area contributed by atoms with Gasteiger partial charge in [-0.3, -0.25) is 0 Å². The minimum Gasteiger partial charge on any atom is -0.465 e. The Hall–Kier alpha value is -1.51. The summed E-state index contributed by atoms with van der Waals surface area (Å²) in [5.74, 6) is -0.352. The molecule has 15 heavy (non-hydrogen) atoms. The lowest BCUT2D eigenvalue weighted by Gasteiger charge is -2.06. The topological polar surface area (TPSA) is 52.3 Å². The molecule has 0 heterocycles. The van der Waals surface area contributed by atoms with Crippen LogP contribution in [0.3, 0.4) is 0 Å². The van der Waals surface area contributed by atoms with Crippen molar-refractivity contribution in [3.8, 4) is 0 Å². The van der Waals surface area contributed by atoms with Gasteiger partial charge in [0, 0.05) is 5.69 Å². The largest absolute Gasteiger partial charge is 0.465 e. The van der Waals surface area contributed by atoms with E-state index in [2.05, 4.69) is 4.74 Å². The van der Waals surface area contributed by atoms with E-state index in [9.17, 15) is 4.79 Å². The third-order valence-electron chi connectivity index (χ3n) is 2.13. The van der Waals surface area contributed by atoms with Crippen molar-refractivity contribution in [1.29, 1.82) is 0 Å². The van der Waals surface area contributed by atoms with Gasteiger partial charge in [-0.05, 0) is 37.1 Å². The second kappa shape index (κ2) is 6.06. The van der Waals surface area contributed by atoms with Crippen molar-refractivity contribution >= 4 is 11.7 Å². The molecule has 0 aromatic heterocycles. The van der Waals surface area contributed by atoms with Gasteiger partial charge in [-0.25, -0.2) is 4.79 Å². The number of rotatable bonds is 1. The minimum absolute atomic E-state index is 0.352. The molecule has 0 spiro atoms. The van der Waals surface area contributed by atoms with Crippen LogP contribution >= 0.6 is 0 Å². The average Bonchev–Trinajstić information content (AvgIpc) is 2.26. The Morgan fingerprint density at radius 2 is 1.80 bits per heavy atom. The van der Waals surface area contributed by atoms with Gasteiger partial charge in [-0.1, -0.05) is 13.8 Å². The molecule has 0 saturated heterocycles. The van der Waals surface area contributed by atoms with Crippen molar-refractivity contribution < 1.29 is 9.53 Å². The normalized spacial score (nSPS) is 8.87. The predicted octanol–water partition coefficient (Wildman–Crippen LogP) is 2.70. The summed E-state index contributed by atoms with van der Waals surface area (Å²) in [5, 5.41) is 0. The molecule has 0 aliphatic heterocycles. The molecule has 0 bridgehead atoms. The summed E-state index contributed by atoms with van der Waals surface area (Å²) < 4.78 is 4.59. The number of anilines is 1. The minimum atomic E-state index is -0.352. The van der Waals surface area contributed by atoms with E-state index in [4.69, 9.17) is 5.73 Å². The van der Waals surface area contributed by atoms with Crippen LogP contribution in [0.5, 0.6) is 0 Å². The van der Waals surface area contributed by atoms with Gasteiger partial charge in [0.15, 0.2) is 0 Å². The highest BCUT2D eigenvalue weighted by atomic mass is 16.5. The lowest BCUT2D eigenvalue weighted by atomic mass is 10.0. The van der Waals surface area contributed by atoms with Crippen molar-refractivity contribution in [1.82, 2.24) is 0 Å². The van der Waals surface area contributed by atoms with Gasteiger partial charge in [0.1, 0.15) is 0 Å². The van der Waals surface area contributed by atoms with Crippen molar-refractivity contribution in [3.63, 3.8) is 0 Å². The predicted molar refractivity (Wildman–Crippen MR) is 63.0 cm³/mol. The summed E-state index contributed by atoms with van der Waals surface area (Å²) >= 11 is 0. The van der Waals surface area contributed by atoms with Gasteiger partial charge in [0.2, 0.25) is 0 Å². The maximum atomic E-state index is 11.2. The van der Waals surface area contributed by atoms with E-state index in [1.165, 1.54) is 7.11 Å². The zero-order valence-corrected chi connectivity index (χ0v) is 10.0. The fraction of sp³-hybridized carbons (Fsp3) is 0.417. The Bertz CT molecular complexity index is 322. The number of hydrogen-bond acceptors (Lipinski definition) is 3. The SMILES string of the molecule is CC.COC(=O)c1cc(C)c(C)c(N)c1. The smallest absolute Gasteiger partial charge is 0.337 e. The number of carbonyl (C=O) groups is 1. The first-order chi connectivity index (χ1) is 7.06. The van der Waals surface area contributed by atoms with Gasteiger partial charge in [0.05, 0.1) is 12.7 Å². The number of carbonyl (C=O) groups excluding carboxylic acids is 1. The number of esters is 1. The van der Waals surface area contributed by atoms with Crippen molar-refractivity contribution in [2.75, 3.05) is 12.8 Å². The highest BCUT2D eigenvalue weighted by Crippen LogP contribution is 2.18. The number of methoxy groups -OCH3 is 1. The second-order valence-corrected chi connectivity index (χ2v) is 3.00. The van der Waals surface area contributed by atoms with Gasteiger partial charge < -0.3 is 10.5 Å². The Kier molecular flexibility index (Phi) is 5.45. The molecule has 0 radical (unpaired) electrons. The van der Waals surface area contributed by atoms with E-state index in [1.54, 1.807) is 12.1 Å². The molecular weight excluding hydrogens is 190 g/mol. The van der Waals surface area contributed by atoms with Crippen LogP contribution in [0, 0.1) is 13.8 Å². The van der Waals surface area contributed by atoms with Crippen LogP contribution in [-0.2, 0) is 4.74 Å². The molecule has 0 unspecified atom stereocenters. The van der Waals surface area contributed by atoms with Gasteiger partial charge in [0.25, 0.3) is 0 Å². The summed E-state index contributed by atoms with van der Waals surface area (Å²) in [6.45, 7) is 7.84. The van der Waals surface area contributed by atoms with Crippen LogP contribution in [0.2, 0.25) is 0 Å². The van der Waals surface area contributed by atoms with Crippen LogP contribution in [0.25, 0.3) is 0 Å². The van der Waals surface area contributed by atoms with E-state index >= 15 is 0 Å². The fourth-order valence-corrected chi connectivity index (χ4v) is 1.12. The first kappa shape index (κ1) is 13.5. The number of aryl methyl sites for hydroxylation is 1. The van der Waals surface area contributed by atoms with E-state index < -0.39 is 0 Å². The molecule has 84 valence electrons. The highest BCUT2D eigenvalue weighted by Gasteiger charge is 2.08. The number of nitrogens with two attached hydrogens (primary N) is 1. The summed E-state index contributed by atoms with van der Waals surface area (Å²) in [6.07, 6.45) is 0. The molecule has 0 aliphatic rings. The Labute approximate surface area is 91.2 Å². The monoisotopic (exact) mass is 209 g/mol. The summed E-state index contributed by atoms with van der Waals surface area (Å²) in [5.41, 5.74) is 8.84. The summed E-state index contributed by atoms with van der Waals surface area (Å²) in [4.78, 5) is 11.2. The Morgan fingerprint density at radius 3 is 2.20 bits per heavy atom. The van der Waals surface area contributed by atoms with Crippen molar-refractivity contribution in [2.45, 2.75) is 27.7 Å². The summed E-state index contributed by atoms with van der Waals surface area (Å²) in [7, 11) is 1.35. The molecule has 1 aromatic rings. The maximum Gasteiger partial charge on any atom is 0.337 e. The number of benzene rings is 1. The molecule has 3 nitrogen and oxygen atoms in total. The first-order valence-electron chi connectivity index (χ1n) is 5.01. The molecule has 1 aromatic carbocycles. The van der Waals surface area contributed by atoms with Crippen LogP contribution in [0.15, 0.2) is 12.1 Å². The Morgan fingerprint density at radius 1 is 1.27 bits per heavy atom. The highest BCUT2D eigenvalue weighted by molar-refractivity contribution is 5.91. The van der Waals surface area contributed by atoms with Gasteiger partial charge in [-0.2, -0.15) is 0 Å². The van der Waals surface area contributed by atoms with Crippen molar-refractivity contribution in [2.24, 2.45) is 0 Å². The van der Waals surface area contributed by atoms with Crippen LogP contribution < -0.4 is 5.73 Å². The molecule has 2 N–H and O–H groups in total. The van der Waals surface area contributed by atoms with Crippen LogP contribution in [0.4, 0.5) is 5.69 Å². The lowest BCUT2D eigenvalue weighted by molar-refractivity contribution is 0.0600. The molecule has 0 saturated carbocycles. The standard InChI is InChI=1S/C10H13NO2.C2H6/c1-6-4-8(10(12)13-3)5-9(11)7(6)2;1-2/h4-5H,11H2,1-3H3;1-2H3. The lowest BCUT2D eigenvalue weighted by Crippen LogP contribution is -2.04. The number of nitrogen functional groups attached to an aromatic ring is 1. The van der Waals surface area contributed by atoms with Crippen LogP contribution in [0.1, 0.15) is 35.3 Å². The quantitative estimate of drug-likeness (QED) is 0.571. The van der Waals surface area contributed by atoms with Crippen molar-refractivity contribution in [3.05, 3.63) is 28.8 Å². The van der Waals surface area contributed by atoms with E-state index in [-0.39, 0.29) is 5.97 Å². The molecular formula is C12H19NO2. The molecule has 3 heteroatoms. The second-order valence-electron chi connectivity index (χ2n) is 3.00. The van der Waals surface area contributed by atoms with Gasteiger partial charge >= 0.3 is 5.97 Å². The number of ether oxygens (including phenoxy) is 1. The van der Waals surface area contributed by atoms with Crippen LogP contribution in [-0.4, -0.2) is 13.1 Å². The third kappa shape index (κ3) is 3.27. The summed E-state index contributed by atoms with van der Waals surface area (Å²) in [6, 6.07) is 3.41. The third-order valence-corrected chi connectivity index (χ3v) is 2.13. The molecule has 0 fully saturated rings. The molecule has 1 rings (SSSR count). The number of hydrogen-bond donors (Lipinski definition) is 1. The Balaban J connectivity index is 0.000000921. The molecule has 0 atom stereocenters. The fourth-order valence-electron chi connectivity index (χ4n) is 1.12. The molecule has 0 aliphatic carbocycles. The average molecular weight is 209 g/mol. The zero-order valence-electron chi connectivity index (χ0n) is 10.0. The maximum absolute atomic E-state index is 11.2. The first-order valence-corrected chi connectivity index (χ1v) is 5.01. The molecule has 0 amide bonds.